The molecule has 0 aromatic heterocycles. The van der Waals surface area contributed by atoms with E-state index < -0.39 is 0 Å². The van der Waals surface area contributed by atoms with Gasteiger partial charge in [0.05, 0.1) is 21.3 Å². The third-order valence-electron chi connectivity index (χ3n) is 3.57. The fourth-order valence-corrected chi connectivity index (χ4v) is 2.30. The van der Waals surface area contributed by atoms with Gasteiger partial charge < -0.3 is 24.8 Å². The molecule has 0 bridgehead atoms. The van der Waals surface area contributed by atoms with Crippen LogP contribution in [0.3, 0.4) is 0 Å². The standard InChI is InChI=1S/C18H22N2O4/c1-12-7-5-6-8-14(12)20-18(21)19-11-13-9-15(22-2)17(24-4)16(10-13)23-3/h5-10H,11H2,1-4H3,(H2,19,20,21). The molecule has 0 aliphatic heterocycles. The number of ether oxygens (including phenoxy) is 3. The summed E-state index contributed by atoms with van der Waals surface area (Å²) >= 11 is 0. The number of carbonyl (C=O) groups excluding carboxylic acids is 1. The summed E-state index contributed by atoms with van der Waals surface area (Å²) in [6, 6.07) is 10.9. The summed E-state index contributed by atoms with van der Waals surface area (Å²) < 4.78 is 15.9. The summed E-state index contributed by atoms with van der Waals surface area (Å²) in [4.78, 5) is 12.1. The van der Waals surface area contributed by atoms with Crippen LogP contribution in [0.2, 0.25) is 0 Å². The summed E-state index contributed by atoms with van der Waals surface area (Å²) in [5.74, 6) is 1.62. The predicted octanol–water partition coefficient (Wildman–Crippen LogP) is 3.34. The van der Waals surface area contributed by atoms with Crippen molar-refractivity contribution < 1.29 is 19.0 Å². The maximum Gasteiger partial charge on any atom is 0.319 e. The second-order valence-electron chi connectivity index (χ2n) is 5.16. The van der Waals surface area contributed by atoms with Gasteiger partial charge >= 0.3 is 6.03 Å². The summed E-state index contributed by atoms with van der Waals surface area (Å²) in [5, 5.41) is 5.64. The van der Waals surface area contributed by atoms with Crippen LogP contribution in [0.4, 0.5) is 10.5 Å². The van der Waals surface area contributed by atoms with E-state index in [0.29, 0.717) is 23.8 Å². The molecule has 2 aromatic carbocycles. The Morgan fingerprint density at radius 1 is 1.00 bits per heavy atom. The average Bonchev–Trinajstić information content (AvgIpc) is 2.60. The fourth-order valence-electron chi connectivity index (χ4n) is 2.30. The molecule has 2 amide bonds. The van der Waals surface area contributed by atoms with Crippen LogP contribution in [0.1, 0.15) is 11.1 Å². The molecular formula is C18H22N2O4. The lowest BCUT2D eigenvalue weighted by atomic mass is 10.1. The molecule has 2 aromatic rings. The predicted molar refractivity (Wildman–Crippen MR) is 93.1 cm³/mol. The Labute approximate surface area is 141 Å². The van der Waals surface area contributed by atoms with Gasteiger partial charge in [0.25, 0.3) is 0 Å². The molecule has 6 nitrogen and oxygen atoms in total. The van der Waals surface area contributed by atoms with Gasteiger partial charge in [0.15, 0.2) is 11.5 Å². The molecule has 0 radical (unpaired) electrons. The minimum atomic E-state index is -0.280. The van der Waals surface area contributed by atoms with Gasteiger partial charge in [-0.05, 0) is 36.2 Å². The van der Waals surface area contributed by atoms with Crippen LogP contribution in [0.25, 0.3) is 0 Å². The van der Waals surface area contributed by atoms with Gasteiger partial charge in [-0.3, -0.25) is 0 Å². The highest BCUT2D eigenvalue weighted by Crippen LogP contribution is 2.38. The monoisotopic (exact) mass is 330 g/mol. The quantitative estimate of drug-likeness (QED) is 0.852. The fraction of sp³-hybridized carbons (Fsp3) is 0.278. The molecule has 0 heterocycles. The molecule has 128 valence electrons. The molecule has 24 heavy (non-hydrogen) atoms. The molecule has 2 N–H and O–H groups in total. The van der Waals surface area contributed by atoms with E-state index in [2.05, 4.69) is 10.6 Å². The van der Waals surface area contributed by atoms with Gasteiger partial charge in [0.1, 0.15) is 0 Å². The van der Waals surface area contributed by atoms with Crippen molar-refractivity contribution in [2.75, 3.05) is 26.6 Å². The van der Waals surface area contributed by atoms with Gasteiger partial charge in [-0.2, -0.15) is 0 Å². The summed E-state index contributed by atoms with van der Waals surface area (Å²) in [6.07, 6.45) is 0. The lowest BCUT2D eigenvalue weighted by Gasteiger charge is -2.15. The first kappa shape index (κ1) is 17.5. The van der Waals surface area contributed by atoms with Crippen molar-refractivity contribution in [1.82, 2.24) is 5.32 Å². The van der Waals surface area contributed by atoms with E-state index in [4.69, 9.17) is 14.2 Å². The Kier molecular flexibility index (Phi) is 5.89. The molecule has 0 saturated heterocycles. The molecule has 0 aliphatic carbocycles. The zero-order chi connectivity index (χ0) is 17.5. The normalized spacial score (nSPS) is 10.0. The van der Waals surface area contributed by atoms with Crippen molar-refractivity contribution >= 4 is 11.7 Å². The smallest absolute Gasteiger partial charge is 0.319 e. The lowest BCUT2D eigenvalue weighted by Crippen LogP contribution is -2.28. The van der Waals surface area contributed by atoms with Crippen LogP contribution in [0.5, 0.6) is 17.2 Å². The van der Waals surface area contributed by atoms with Crippen LogP contribution in [-0.4, -0.2) is 27.4 Å². The van der Waals surface area contributed by atoms with Crippen LogP contribution in [0.15, 0.2) is 36.4 Å². The van der Waals surface area contributed by atoms with E-state index >= 15 is 0 Å². The van der Waals surface area contributed by atoms with Crippen molar-refractivity contribution in [2.24, 2.45) is 0 Å². The van der Waals surface area contributed by atoms with Crippen LogP contribution in [0, 0.1) is 6.92 Å². The van der Waals surface area contributed by atoms with Crippen LogP contribution < -0.4 is 24.8 Å². The van der Waals surface area contributed by atoms with Gasteiger partial charge in [-0.25, -0.2) is 4.79 Å². The molecule has 2 rings (SSSR count). The number of urea groups is 1. The summed E-state index contributed by atoms with van der Waals surface area (Å²) in [6.45, 7) is 2.27. The van der Waals surface area contributed by atoms with E-state index in [1.807, 2.05) is 31.2 Å². The number of carbonyl (C=O) groups is 1. The van der Waals surface area contributed by atoms with Gasteiger partial charge in [-0.1, -0.05) is 18.2 Å². The average molecular weight is 330 g/mol. The summed E-state index contributed by atoms with van der Waals surface area (Å²) in [7, 11) is 4.66. The molecule has 0 unspecified atom stereocenters. The highest BCUT2D eigenvalue weighted by molar-refractivity contribution is 5.90. The molecule has 0 saturated carbocycles. The third-order valence-corrected chi connectivity index (χ3v) is 3.57. The van der Waals surface area contributed by atoms with Crippen molar-refractivity contribution in [1.29, 1.82) is 0 Å². The first-order chi connectivity index (χ1) is 11.6. The van der Waals surface area contributed by atoms with Gasteiger partial charge in [0, 0.05) is 12.2 Å². The first-order valence-electron chi connectivity index (χ1n) is 7.48. The Morgan fingerprint density at radius 2 is 1.62 bits per heavy atom. The minimum Gasteiger partial charge on any atom is -0.493 e. The van der Waals surface area contributed by atoms with Crippen molar-refractivity contribution in [3.8, 4) is 17.2 Å². The molecule has 0 fully saturated rings. The highest BCUT2D eigenvalue weighted by atomic mass is 16.5. The lowest BCUT2D eigenvalue weighted by molar-refractivity contribution is 0.251. The maximum atomic E-state index is 12.1. The number of aryl methyl sites for hydroxylation is 1. The van der Waals surface area contributed by atoms with E-state index in [-0.39, 0.29) is 6.03 Å². The molecule has 6 heteroatoms. The van der Waals surface area contributed by atoms with Gasteiger partial charge in [0.2, 0.25) is 5.75 Å². The van der Waals surface area contributed by atoms with Crippen LogP contribution >= 0.6 is 0 Å². The third kappa shape index (κ3) is 4.10. The Balaban J connectivity index is 2.06. The SMILES string of the molecule is COc1cc(CNC(=O)Nc2ccccc2C)cc(OC)c1OC. The first-order valence-corrected chi connectivity index (χ1v) is 7.48. The highest BCUT2D eigenvalue weighted by Gasteiger charge is 2.13. The number of rotatable bonds is 6. The van der Waals surface area contributed by atoms with E-state index in [1.54, 1.807) is 33.5 Å². The Morgan fingerprint density at radius 3 is 2.17 bits per heavy atom. The van der Waals surface area contributed by atoms with Crippen molar-refractivity contribution in [3.05, 3.63) is 47.5 Å². The number of hydrogen-bond donors (Lipinski definition) is 2. The van der Waals surface area contributed by atoms with E-state index in [1.165, 1.54) is 0 Å². The number of amides is 2. The second-order valence-corrected chi connectivity index (χ2v) is 5.16. The zero-order valence-electron chi connectivity index (χ0n) is 14.3. The molecule has 0 spiro atoms. The van der Waals surface area contributed by atoms with E-state index in [0.717, 1.165) is 16.8 Å². The molecule has 0 aliphatic rings. The maximum absolute atomic E-state index is 12.1. The number of hydrogen-bond acceptors (Lipinski definition) is 4. The number of anilines is 1. The Hall–Kier alpha value is -2.89. The number of methoxy groups -OCH3 is 3. The van der Waals surface area contributed by atoms with Crippen LogP contribution in [-0.2, 0) is 6.54 Å². The number of nitrogens with one attached hydrogen (secondary N) is 2. The largest absolute Gasteiger partial charge is 0.493 e. The Bertz CT molecular complexity index is 691. The summed E-state index contributed by atoms with van der Waals surface area (Å²) in [5.41, 5.74) is 2.62. The number of para-hydroxylation sites is 1. The van der Waals surface area contributed by atoms with E-state index in [9.17, 15) is 4.79 Å². The molecule has 0 atom stereocenters. The second kappa shape index (κ2) is 8.10. The minimum absolute atomic E-state index is 0.280. The topological polar surface area (TPSA) is 68.8 Å². The van der Waals surface area contributed by atoms with Crippen molar-refractivity contribution in [3.63, 3.8) is 0 Å². The number of benzene rings is 2. The van der Waals surface area contributed by atoms with Crippen molar-refractivity contribution in [2.45, 2.75) is 13.5 Å². The zero-order valence-corrected chi connectivity index (χ0v) is 14.3. The van der Waals surface area contributed by atoms with Gasteiger partial charge in [-0.15, -0.1) is 0 Å². The molecular weight excluding hydrogens is 308 g/mol.